The molecule has 2 rings (SSSR count). The molecule has 1 aliphatic heterocycles. The fourth-order valence-corrected chi connectivity index (χ4v) is 2.20. The lowest BCUT2D eigenvalue weighted by Crippen LogP contribution is -2.46. The molecule has 1 unspecified atom stereocenters. The molecule has 7 nitrogen and oxygen atoms in total. The Bertz CT molecular complexity index is 457. The zero-order chi connectivity index (χ0) is 13.1. The first-order chi connectivity index (χ1) is 8.63. The van der Waals surface area contributed by atoms with E-state index < -0.39 is 4.92 Å². The molecule has 2 heterocycles. The number of aromatic nitrogens is 1. The van der Waals surface area contributed by atoms with Gasteiger partial charge in [-0.1, -0.05) is 11.6 Å². The summed E-state index contributed by atoms with van der Waals surface area (Å²) in [5.41, 5.74) is 5.84. The van der Waals surface area contributed by atoms with Gasteiger partial charge in [-0.3, -0.25) is 15.1 Å². The standard InChI is InChI=1S/C10H13ClN4O3/c11-8-4-13-5-9(15(16)17)10(8)14-1-2-18-7(3-12)6-14/h4-5,7H,1-3,6,12H2. The average molecular weight is 273 g/mol. The third-order valence-electron chi connectivity index (χ3n) is 2.77. The molecule has 0 amide bonds. The third-order valence-corrected chi connectivity index (χ3v) is 3.04. The predicted octanol–water partition coefficient (Wildman–Crippen LogP) is 0.807. The second-order valence-corrected chi connectivity index (χ2v) is 4.33. The number of nitro groups is 1. The van der Waals surface area contributed by atoms with Crippen LogP contribution < -0.4 is 10.6 Å². The summed E-state index contributed by atoms with van der Waals surface area (Å²) in [4.78, 5) is 16.1. The van der Waals surface area contributed by atoms with Crippen molar-refractivity contribution in [3.05, 3.63) is 27.5 Å². The van der Waals surface area contributed by atoms with Crippen LogP contribution in [0.5, 0.6) is 0 Å². The van der Waals surface area contributed by atoms with Gasteiger partial charge in [0, 0.05) is 25.8 Å². The smallest absolute Gasteiger partial charge is 0.312 e. The first kappa shape index (κ1) is 13.0. The zero-order valence-corrected chi connectivity index (χ0v) is 10.3. The SMILES string of the molecule is NCC1CN(c2c(Cl)cncc2[N+](=O)[O-])CCO1. The van der Waals surface area contributed by atoms with Crippen LogP contribution in [0.4, 0.5) is 11.4 Å². The van der Waals surface area contributed by atoms with Crippen molar-refractivity contribution in [3.8, 4) is 0 Å². The van der Waals surface area contributed by atoms with Gasteiger partial charge < -0.3 is 15.4 Å². The van der Waals surface area contributed by atoms with Crippen molar-refractivity contribution < 1.29 is 9.66 Å². The molecule has 18 heavy (non-hydrogen) atoms. The largest absolute Gasteiger partial charge is 0.373 e. The lowest BCUT2D eigenvalue weighted by molar-refractivity contribution is -0.384. The number of anilines is 1. The topological polar surface area (TPSA) is 94.5 Å². The Morgan fingerprint density at radius 2 is 2.44 bits per heavy atom. The van der Waals surface area contributed by atoms with Gasteiger partial charge in [-0.2, -0.15) is 0 Å². The Kier molecular flexibility index (Phi) is 3.95. The van der Waals surface area contributed by atoms with Crippen molar-refractivity contribution in [2.75, 3.05) is 31.1 Å². The van der Waals surface area contributed by atoms with Gasteiger partial charge in [0.2, 0.25) is 0 Å². The molecule has 1 saturated heterocycles. The van der Waals surface area contributed by atoms with Gasteiger partial charge >= 0.3 is 5.69 Å². The Morgan fingerprint density at radius 1 is 1.67 bits per heavy atom. The second kappa shape index (κ2) is 5.47. The monoisotopic (exact) mass is 272 g/mol. The molecule has 0 saturated carbocycles. The van der Waals surface area contributed by atoms with Gasteiger partial charge in [0.1, 0.15) is 11.9 Å². The molecule has 98 valence electrons. The summed E-state index contributed by atoms with van der Waals surface area (Å²) in [5, 5.41) is 11.3. The lowest BCUT2D eigenvalue weighted by atomic mass is 10.2. The molecule has 2 N–H and O–H groups in total. The number of hydrogen-bond acceptors (Lipinski definition) is 6. The van der Waals surface area contributed by atoms with Crippen LogP contribution in [0.15, 0.2) is 12.4 Å². The van der Waals surface area contributed by atoms with Crippen LogP contribution in [0.1, 0.15) is 0 Å². The van der Waals surface area contributed by atoms with Crippen molar-refractivity contribution in [1.29, 1.82) is 0 Å². The van der Waals surface area contributed by atoms with Crippen LogP contribution in [0.25, 0.3) is 0 Å². The number of halogens is 1. The van der Waals surface area contributed by atoms with E-state index in [2.05, 4.69) is 4.98 Å². The molecule has 1 aromatic rings. The molecule has 0 bridgehead atoms. The maximum absolute atomic E-state index is 11.0. The van der Waals surface area contributed by atoms with Gasteiger partial charge in [0.25, 0.3) is 0 Å². The van der Waals surface area contributed by atoms with E-state index in [4.69, 9.17) is 22.1 Å². The number of ether oxygens (including phenoxy) is 1. The van der Waals surface area contributed by atoms with Crippen LogP contribution >= 0.6 is 11.6 Å². The Hall–Kier alpha value is -1.44. The maximum atomic E-state index is 11.0. The Balaban J connectivity index is 2.34. The van der Waals surface area contributed by atoms with Crippen molar-refractivity contribution in [2.45, 2.75) is 6.10 Å². The average Bonchev–Trinajstić information content (AvgIpc) is 2.38. The van der Waals surface area contributed by atoms with Gasteiger partial charge in [0.15, 0.2) is 0 Å². The third kappa shape index (κ3) is 2.53. The summed E-state index contributed by atoms with van der Waals surface area (Å²) >= 11 is 6.02. The predicted molar refractivity (Wildman–Crippen MR) is 66.9 cm³/mol. The Labute approximate surface area is 109 Å². The molecule has 1 aliphatic rings. The Morgan fingerprint density at radius 3 is 3.11 bits per heavy atom. The minimum absolute atomic E-state index is 0.0971. The van der Waals surface area contributed by atoms with Gasteiger partial charge in [-0.05, 0) is 0 Å². The molecule has 0 radical (unpaired) electrons. The molecular weight excluding hydrogens is 260 g/mol. The van der Waals surface area contributed by atoms with E-state index in [0.717, 1.165) is 0 Å². The lowest BCUT2D eigenvalue weighted by Gasteiger charge is -2.33. The van der Waals surface area contributed by atoms with E-state index in [-0.39, 0.29) is 16.8 Å². The van der Waals surface area contributed by atoms with Crippen molar-refractivity contribution in [2.24, 2.45) is 5.73 Å². The van der Waals surface area contributed by atoms with Crippen molar-refractivity contribution in [3.63, 3.8) is 0 Å². The summed E-state index contributed by atoms with van der Waals surface area (Å²) in [6, 6.07) is 0. The second-order valence-electron chi connectivity index (χ2n) is 3.92. The van der Waals surface area contributed by atoms with Crippen LogP contribution in [-0.2, 0) is 4.74 Å². The summed E-state index contributed by atoms with van der Waals surface area (Å²) in [7, 11) is 0. The number of pyridine rings is 1. The zero-order valence-electron chi connectivity index (χ0n) is 9.58. The molecule has 1 aromatic heterocycles. The van der Waals surface area contributed by atoms with E-state index in [1.807, 2.05) is 4.90 Å². The minimum Gasteiger partial charge on any atom is -0.373 e. The number of morpholine rings is 1. The fourth-order valence-electron chi connectivity index (χ4n) is 1.93. The molecule has 1 atom stereocenters. The molecular formula is C10H13ClN4O3. The van der Waals surface area contributed by atoms with Crippen molar-refractivity contribution >= 4 is 23.0 Å². The van der Waals surface area contributed by atoms with Crippen LogP contribution in [0.3, 0.4) is 0 Å². The van der Waals surface area contributed by atoms with Crippen molar-refractivity contribution in [1.82, 2.24) is 4.98 Å². The molecule has 0 spiro atoms. The summed E-state index contributed by atoms with van der Waals surface area (Å²) in [6.45, 7) is 1.87. The van der Waals surface area contributed by atoms with Crippen LogP contribution in [0.2, 0.25) is 5.02 Å². The fraction of sp³-hybridized carbons (Fsp3) is 0.500. The number of nitrogens with two attached hydrogens (primary N) is 1. The quantitative estimate of drug-likeness (QED) is 0.646. The van der Waals surface area contributed by atoms with E-state index in [0.29, 0.717) is 31.9 Å². The first-order valence-electron chi connectivity index (χ1n) is 5.48. The van der Waals surface area contributed by atoms with Crippen LogP contribution in [-0.4, -0.2) is 42.3 Å². The molecule has 8 heteroatoms. The van der Waals surface area contributed by atoms with E-state index in [1.54, 1.807) is 0 Å². The van der Waals surface area contributed by atoms with E-state index in [1.165, 1.54) is 12.4 Å². The summed E-state index contributed by atoms with van der Waals surface area (Å²) in [6.07, 6.45) is 2.47. The highest BCUT2D eigenvalue weighted by Gasteiger charge is 2.27. The highest BCUT2D eigenvalue weighted by molar-refractivity contribution is 6.33. The normalized spacial score (nSPS) is 19.9. The van der Waals surface area contributed by atoms with E-state index in [9.17, 15) is 10.1 Å². The minimum atomic E-state index is -0.485. The van der Waals surface area contributed by atoms with Gasteiger partial charge in [-0.15, -0.1) is 0 Å². The number of rotatable bonds is 3. The first-order valence-corrected chi connectivity index (χ1v) is 5.85. The van der Waals surface area contributed by atoms with Gasteiger partial charge in [0.05, 0.1) is 22.7 Å². The summed E-state index contributed by atoms with van der Waals surface area (Å²) in [5.74, 6) is 0. The molecule has 0 aliphatic carbocycles. The maximum Gasteiger partial charge on any atom is 0.312 e. The van der Waals surface area contributed by atoms with E-state index >= 15 is 0 Å². The number of hydrogen-bond donors (Lipinski definition) is 1. The highest BCUT2D eigenvalue weighted by Crippen LogP contribution is 2.35. The van der Waals surface area contributed by atoms with Gasteiger partial charge in [-0.25, -0.2) is 0 Å². The molecule has 1 fully saturated rings. The van der Waals surface area contributed by atoms with Crippen LogP contribution in [0, 0.1) is 10.1 Å². The highest BCUT2D eigenvalue weighted by atomic mass is 35.5. The molecule has 0 aromatic carbocycles. The summed E-state index contributed by atoms with van der Waals surface area (Å²) < 4.78 is 5.42. The number of nitrogens with zero attached hydrogens (tertiary/aromatic N) is 3.